The summed E-state index contributed by atoms with van der Waals surface area (Å²) >= 11 is 11.8. The third-order valence-electron chi connectivity index (χ3n) is 12.2. The smallest absolute Gasteiger partial charge is 0.337 e. The van der Waals surface area contributed by atoms with Crippen molar-refractivity contribution < 1.29 is 31.5 Å². The van der Waals surface area contributed by atoms with E-state index in [2.05, 4.69) is 61.1 Å². The molecule has 4 N–H and O–H groups in total. The first-order valence-corrected chi connectivity index (χ1v) is 26.8. The maximum Gasteiger partial charge on any atom is 0.337 e. The number of carboxylic acids is 1. The van der Waals surface area contributed by atoms with Gasteiger partial charge in [-0.1, -0.05) is 29.6 Å². The van der Waals surface area contributed by atoms with Gasteiger partial charge < -0.3 is 25.1 Å². The predicted octanol–water partition coefficient (Wildman–Crippen LogP) is 7.71. The van der Waals surface area contributed by atoms with Crippen molar-refractivity contribution in [2.24, 2.45) is 0 Å². The van der Waals surface area contributed by atoms with Crippen LogP contribution in [0.25, 0.3) is 11.0 Å². The average Bonchev–Trinajstić information content (AvgIpc) is 3.88. The summed E-state index contributed by atoms with van der Waals surface area (Å²) in [6.45, 7) is 6.09. The molecule has 8 heterocycles. The summed E-state index contributed by atoms with van der Waals surface area (Å²) in [5.41, 5.74) is 4.88. The van der Waals surface area contributed by atoms with Gasteiger partial charge in [0.15, 0.2) is 0 Å². The summed E-state index contributed by atoms with van der Waals surface area (Å²) in [6.07, 6.45) is 15.3. The van der Waals surface area contributed by atoms with Gasteiger partial charge in [0.2, 0.25) is 20.0 Å². The summed E-state index contributed by atoms with van der Waals surface area (Å²) in [5, 5.41) is 22.5. The van der Waals surface area contributed by atoms with Crippen molar-refractivity contribution in [1.29, 1.82) is 0 Å². The van der Waals surface area contributed by atoms with Crippen LogP contribution in [0.2, 0.25) is 10.0 Å². The van der Waals surface area contributed by atoms with Crippen molar-refractivity contribution in [2.75, 3.05) is 71.0 Å². The molecule has 356 valence electrons. The number of carboxylic acid groups (broad SMARTS) is 1. The van der Waals surface area contributed by atoms with Crippen molar-refractivity contribution in [3.05, 3.63) is 117 Å². The maximum absolute atomic E-state index is 13.7. The number of nitrogens with zero attached hydrogens (tertiary/aromatic N) is 7. The average molecular weight is 994 g/mol. The molecule has 6 aromatic rings. The second-order valence-corrected chi connectivity index (χ2v) is 21.7. The van der Waals surface area contributed by atoms with Gasteiger partial charge in [0, 0.05) is 61.2 Å². The number of likely N-dealkylation sites (tertiary alicyclic amines) is 1. The standard InChI is InChI=1S/C23H26ClN5O3S.C15H20N4.C8H8ClNO4S/c1-33(31,32)26-20-8-6-17(24)14-19(20)23(30)28-12-3-2-5-21(28)16-13-18-7-9-22(25-29(18)15-16)27-10-4-11-27;1-2-7-16-14(4-1)12-10-13-5-6-15(17-19(13)11-12)18-8-3-9-18;1-15(13,14)10-7-3-2-5(9)4-6(7)8(11)12/h6-9,13-15,21,26H,2-5,10-12H2,1H3;5-6,10-11,14,16H,1-4,7-9H2;2-4,10H,1H3,(H,11,12)/t21-;14-;/m00./s1. The molecule has 0 bridgehead atoms. The zero-order valence-corrected chi connectivity index (χ0v) is 40.4. The highest BCUT2D eigenvalue weighted by molar-refractivity contribution is 7.92. The Hall–Kier alpha value is -5.60. The molecule has 21 heteroatoms. The number of fused-ring (bicyclic) bond motifs is 2. The number of carbonyl (C=O) groups excluding carboxylic acids is 1. The lowest BCUT2D eigenvalue weighted by atomic mass is 9.96. The summed E-state index contributed by atoms with van der Waals surface area (Å²) < 4.78 is 54.0. The Balaban J connectivity index is 0.000000151. The number of aromatic carboxylic acids is 1. The molecule has 4 aromatic heterocycles. The van der Waals surface area contributed by atoms with Crippen LogP contribution in [0.5, 0.6) is 0 Å². The fraction of sp³-hybridized carbons (Fsp3) is 0.391. The molecular weight excluding hydrogens is 940 g/mol. The van der Waals surface area contributed by atoms with E-state index >= 15 is 0 Å². The Morgan fingerprint density at radius 2 is 1.16 bits per heavy atom. The van der Waals surface area contributed by atoms with Gasteiger partial charge >= 0.3 is 5.97 Å². The number of halogens is 2. The Morgan fingerprint density at radius 3 is 1.67 bits per heavy atom. The van der Waals surface area contributed by atoms with E-state index in [1.165, 1.54) is 73.5 Å². The molecule has 4 aliphatic heterocycles. The van der Waals surface area contributed by atoms with E-state index < -0.39 is 26.0 Å². The monoisotopic (exact) mass is 992 g/mol. The van der Waals surface area contributed by atoms with E-state index in [1.54, 1.807) is 6.07 Å². The minimum Gasteiger partial charge on any atom is -0.478 e. The topological polar surface area (TPSA) is 203 Å². The molecule has 2 aromatic carbocycles. The number of benzene rings is 2. The maximum atomic E-state index is 13.7. The Labute approximate surface area is 400 Å². The van der Waals surface area contributed by atoms with Crippen LogP contribution >= 0.6 is 23.2 Å². The highest BCUT2D eigenvalue weighted by atomic mass is 35.5. The molecule has 67 heavy (non-hydrogen) atoms. The fourth-order valence-electron chi connectivity index (χ4n) is 8.59. The summed E-state index contributed by atoms with van der Waals surface area (Å²) in [6, 6.07) is 21.7. The number of nitrogens with one attached hydrogen (secondary N) is 3. The number of aromatic nitrogens is 4. The van der Waals surface area contributed by atoms with E-state index in [0.717, 1.165) is 87.2 Å². The van der Waals surface area contributed by atoms with Gasteiger partial charge in [0.05, 0.1) is 52.1 Å². The number of sulfonamides is 2. The molecule has 4 saturated heterocycles. The van der Waals surface area contributed by atoms with Crippen LogP contribution < -0.4 is 24.6 Å². The van der Waals surface area contributed by atoms with Crippen LogP contribution in [-0.4, -0.2) is 110 Å². The zero-order chi connectivity index (χ0) is 47.5. The van der Waals surface area contributed by atoms with Crippen molar-refractivity contribution in [3.63, 3.8) is 0 Å². The number of carbonyl (C=O) groups is 2. The molecule has 17 nitrogen and oxygen atoms in total. The molecule has 10 rings (SSSR count). The lowest BCUT2D eigenvalue weighted by Crippen LogP contribution is -2.38. The second-order valence-electron chi connectivity index (χ2n) is 17.3. The quantitative estimate of drug-likeness (QED) is 0.104. The summed E-state index contributed by atoms with van der Waals surface area (Å²) in [4.78, 5) is 30.8. The number of hydrogen-bond donors (Lipinski definition) is 4. The first-order valence-electron chi connectivity index (χ1n) is 22.3. The molecular formula is C46H54Cl2N10O7S2. The SMILES string of the molecule is CS(=O)(=O)Nc1ccc(Cl)cc1C(=O)N1CCCC[C@H]1c1cc2ccc(N3CCC3)nn2c1.CS(=O)(=O)Nc1ccc(Cl)cc1C(=O)O.c1cc2cc([C@@H]3CCCCN3)cn2nc1N1CCC1. The second kappa shape index (κ2) is 20.3. The number of piperidine rings is 2. The van der Waals surface area contributed by atoms with Gasteiger partial charge in [0.25, 0.3) is 5.91 Å². The van der Waals surface area contributed by atoms with Crippen molar-refractivity contribution in [2.45, 2.75) is 63.5 Å². The highest BCUT2D eigenvalue weighted by Gasteiger charge is 2.32. The molecule has 4 fully saturated rings. The van der Waals surface area contributed by atoms with Crippen molar-refractivity contribution in [3.8, 4) is 0 Å². The molecule has 0 saturated carbocycles. The van der Waals surface area contributed by atoms with Gasteiger partial charge in [-0.15, -0.1) is 0 Å². The number of amides is 1. The molecule has 4 aliphatic rings. The van der Waals surface area contributed by atoms with E-state index in [0.29, 0.717) is 17.6 Å². The first kappa shape index (κ1) is 47.9. The van der Waals surface area contributed by atoms with Crippen LogP contribution in [0, 0.1) is 0 Å². The van der Waals surface area contributed by atoms with Gasteiger partial charge in [0.1, 0.15) is 11.6 Å². The molecule has 0 radical (unpaired) electrons. The normalized spacial score (nSPS) is 18.5. The lowest BCUT2D eigenvalue weighted by Gasteiger charge is -2.36. The minimum atomic E-state index is -3.55. The fourth-order valence-corrected chi connectivity index (χ4v) is 10.1. The van der Waals surface area contributed by atoms with Gasteiger partial charge in [-0.3, -0.25) is 14.2 Å². The van der Waals surface area contributed by atoms with Crippen molar-refractivity contribution in [1.82, 2.24) is 29.4 Å². The molecule has 1 amide bonds. The van der Waals surface area contributed by atoms with Gasteiger partial charge in [-0.25, -0.2) is 30.7 Å². The largest absolute Gasteiger partial charge is 0.478 e. The van der Waals surface area contributed by atoms with Crippen LogP contribution in [-0.2, 0) is 20.0 Å². The zero-order valence-electron chi connectivity index (χ0n) is 37.2. The summed E-state index contributed by atoms with van der Waals surface area (Å²) in [7, 11) is -7.05. The summed E-state index contributed by atoms with van der Waals surface area (Å²) in [5.74, 6) is 0.585. The van der Waals surface area contributed by atoms with Crippen LogP contribution in [0.15, 0.2) is 85.2 Å². The Morgan fingerprint density at radius 1 is 0.642 bits per heavy atom. The minimum absolute atomic E-state index is 0.00519. The number of hydrogen-bond acceptors (Lipinski definition) is 11. The third kappa shape index (κ3) is 11.9. The van der Waals surface area contributed by atoms with Crippen LogP contribution in [0.1, 0.15) is 95.3 Å². The predicted molar refractivity (Wildman–Crippen MR) is 263 cm³/mol. The van der Waals surface area contributed by atoms with E-state index in [4.69, 9.17) is 38.5 Å². The van der Waals surface area contributed by atoms with E-state index in [1.807, 2.05) is 26.2 Å². The number of rotatable bonds is 10. The molecule has 0 aliphatic carbocycles. The van der Waals surface area contributed by atoms with Crippen LogP contribution in [0.3, 0.4) is 0 Å². The van der Waals surface area contributed by atoms with Gasteiger partial charge in [-0.05, 0) is 135 Å². The van der Waals surface area contributed by atoms with E-state index in [-0.39, 0.29) is 39.5 Å². The molecule has 0 unspecified atom stereocenters. The third-order valence-corrected chi connectivity index (χ3v) is 13.8. The lowest BCUT2D eigenvalue weighted by molar-refractivity contribution is 0.0612. The number of anilines is 4. The Bertz CT molecular complexity index is 3010. The molecule has 2 atom stereocenters. The molecule has 0 spiro atoms. The van der Waals surface area contributed by atoms with Gasteiger partial charge in [-0.2, -0.15) is 10.2 Å². The Kier molecular flexibility index (Phi) is 14.5. The highest BCUT2D eigenvalue weighted by Crippen LogP contribution is 2.36. The van der Waals surface area contributed by atoms with Crippen LogP contribution in [0.4, 0.5) is 23.0 Å². The first-order chi connectivity index (χ1) is 32.0. The van der Waals surface area contributed by atoms with Crippen molar-refractivity contribution >= 4 is 89.2 Å². The van der Waals surface area contributed by atoms with E-state index in [9.17, 15) is 26.4 Å².